The van der Waals surface area contributed by atoms with Crippen LogP contribution in [-0.2, 0) is 17.6 Å². The van der Waals surface area contributed by atoms with Crippen molar-refractivity contribution in [3.8, 4) is 0 Å². The Balaban J connectivity index is 0.00000182. The lowest BCUT2D eigenvalue weighted by Crippen LogP contribution is -2.47. The van der Waals surface area contributed by atoms with Gasteiger partial charge in [-0.3, -0.25) is 10.1 Å². The zero-order valence-electron chi connectivity index (χ0n) is 14.1. The van der Waals surface area contributed by atoms with Crippen molar-refractivity contribution in [2.75, 3.05) is 19.6 Å². The molecular weight excluding hydrogens is 368 g/mol. The smallest absolute Gasteiger partial charge is 0.262 e. The van der Waals surface area contributed by atoms with Gasteiger partial charge < -0.3 is 4.90 Å². The number of aromatic nitrogens is 1. The van der Waals surface area contributed by atoms with Crippen LogP contribution in [0.15, 0.2) is 0 Å². The highest BCUT2D eigenvalue weighted by Crippen LogP contribution is 2.35. The molecule has 3 aliphatic rings. The summed E-state index contributed by atoms with van der Waals surface area (Å²) < 4.78 is 26.7. The number of aryl methyl sites for hydroxylation is 2. The van der Waals surface area contributed by atoms with Gasteiger partial charge in [0.1, 0.15) is 0 Å². The van der Waals surface area contributed by atoms with Gasteiger partial charge >= 0.3 is 0 Å². The number of carbonyl (C=O) groups is 1. The Hall–Kier alpha value is -0.790. The molecule has 140 valence electrons. The van der Waals surface area contributed by atoms with Gasteiger partial charge in [-0.25, -0.2) is 13.8 Å². The minimum Gasteiger partial charge on any atom is -0.341 e. The first kappa shape index (κ1) is 19.0. The van der Waals surface area contributed by atoms with Gasteiger partial charge in [0, 0.05) is 30.3 Å². The van der Waals surface area contributed by atoms with Crippen LogP contribution in [-0.4, -0.2) is 47.4 Å². The fourth-order valence-electron chi connectivity index (χ4n) is 4.04. The van der Waals surface area contributed by atoms with Crippen LogP contribution >= 0.6 is 23.7 Å². The number of halogens is 3. The lowest BCUT2D eigenvalue weighted by molar-refractivity contribution is -0.134. The van der Waals surface area contributed by atoms with Crippen molar-refractivity contribution < 1.29 is 13.6 Å². The molecule has 4 nitrogen and oxygen atoms in total. The highest BCUT2D eigenvalue weighted by Gasteiger charge is 2.44. The lowest BCUT2D eigenvalue weighted by Gasteiger charge is -2.33. The van der Waals surface area contributed by atoms with Gasteiger partial charge in [0.05, 0.1) is 23.3 Å². The maximum atomic E-state index is 13.4. The summed E-state index contributed by atoms with van der Waals surface area (Å²) in [6.45, 7) is 0.902. The third-order valence-corrected chi connectivity index (χ3v) is 6.67. The lowest BCUT2D eigenvalue weighted by atomic mass is 9.97. The third kappa shape index (κ3) is 3.98. The predicted molar refractivity (Wildman–Crippen MR) is 95.9 cm³/mol. The Morgan fingerprint density at radius 2 is 2.08 bits per heavy atom. The van der Waals surface area contributed by atoms with E-state index >= 15 is 0 Å². The average Bonchev–Trinajstić information content (AvgIpc) is 3.17. The molecule has 2 fully saturated rings. The largest absolute Gasteiger partial charge is 0.341 e. The molecule has 1 aromatic heterocycles. The number of fused-ring (bicyclic) bond motifs is 1. The van der Waals surface area contributed by atoms with E-state index in [0.717, 1.165) is 30.7 Å². The van der Waals surface area contributed by atoms with E-state index in [0.29, 0.717) is 13.1 Å². The molecule has 0 bridgehead atoms. The average molecular weight is 392 g/mol. The van der Waals surface area contributed by atoms with Crippen LogP contribution in [0.5, 0.6) is 0 Å². The van der Waals surface area contributed by atoms with Crippen molar-refractivity contribution >= 4 is 29.7 Å². The van der Waals surface area contributed by atoms with Gasteiger partial charge in [-0.1, -0.05) is 0 Å². The minimum absolute atomic E-state index is 0. The highest BCUT2D eigenvalue weighted by molar-refractivity contribution is 7.11. The SMILES string of the molecule is Cl.O=C(C1CC(F)(F)CN1)N1CCCC(c2nc3c(s2)CCCC3)C1. The van der Waals surface area contributed by atoms with Crippen molar-refractivity contribution in [3.63, 3.8) is 0 Å². The van der Waals surface area contributed by atoms with Crippen molar-refractivity contribution in [3.05, 3.63) is 15.6 Å². The van der Waals surface area contributed by atoms with Gasteiger partial charge in [0.15, 0.2) is 0 Å². The molecule has 0 saturated carbocycles. The van der Waals surface area contributed by atoms with E-state index in [4.69, 9.17) is 4.98 Å². The van der Waals surface area contributed by atoms with Gasteiger partial charge in [-0.15, -0.1) is 23.7 Å². The normalized spacial score (nSPS) is 28.3. The zero-order chi connectivity index (χ0) is 16.7. The number of nitrogens with one attached hydrogen (secondary N) is 1. The van der Waals surface area contributed by atoms with Gasteiger partial charge in [0.25, 0.3) is 5.92 Å². The number of alkyl halides is 2. The molecule has 3 heterocycles. The summed E-state index contributed by atoms with van der Waals surface area (Å²) in [5.41, 5.74) is 1.25. The van der Waals surface area contributed by atoms with Gasteiger partial charge in [0.2, 0.25) is 5.91 Å². The number of likely N-dealkylation sites (tertiary alicyclic amines) is 1. The summed E-state index contributed by atoms with van der Waals surface area (Å²) in [5, 5.41) is 3.83. The van der Waals surface area contributed by atoms with E-state index in [1.165, 1.54) is 23.4 Å². The minimum atomic E-state index is -2.76. The number of amides is 1. The summed E-state index contributed by atoms with van der Waals surface area (Å²) in [4.78, 5) is 20.6. The number of hydrogen-bond acceptors (Lipinski definition) is 4. The van der Waals surface area contributed by atoms with Crippen molar-refractivity contribution in [2.24, 2.45) is 0 Å². The Kier molecular flexibility index (Phi) is 5.66. The number of rotatable bonds is 2. The third-order valence-electron chi connectivity index (χ3n) is 5.35. The molecule has 0 spiro atoms. The molecule has 1 aliphatic carbocycles. The molecule has 1 N–H and O–H groups in total. The van der Waals surface area contributed by atoms with E-state index in [1.54, 1.807) is 16.2 Å². The maximum absolute atomic E-state index is 13.4. The van der Waals surface area contributed by atoms with Crippen LogP contribution in [0.25, 0.3) is 0 Å². The van der Waals surface area contributed by atoms with E-state index < -0.39 is 12.0 Å². The second-order valence-corrected chi connectivity index (χ2v) is 8.36. The first-order chi connectivity index (χ1) is 11.5. The van der Waals surface area contributed by atoms with E-state index in [2.05, 4.69) is 5.32 Å². The molecule has 4 rings (SSSR count). The Morgan fingerprint density at radius 3 is 2.80 bits per heavy atom. The predicted octanol–water partition coefficient (Wildman–Crippen LogP) is 3.15. The second-order valence-electron chi connectivity index (χ2n) is 7.25. The monoisotopic (exact) mass is 391 g/mol. The molecular formula is C17H24ClF2N3OS. The summed E-state index contributed by atoms with van der Waals surface area (Å²) in [7, 11) is 0. The highest BCUT2D eigenvalue weighted by atomic mass is 35.5. The first-order valence-electron chi connectivity index (χ1n) is 8.90. The van der Waals surface area contributed by atoms with Crippen LogP contribution in [0.3, 0.4) is 0 Å². The second kappa shape index (κ2) is 7.45. The molecule has 25 heavy (non-hydrogen) atoms. The molecule has 2 aliphatic heterocycles. The zero-order valence-corrected chi connectivity index (χ0v) is 15.7. The number of thiazole rings is 1. The summed E-state index contributed by atoms with van der Waals surface area (Å²) in [6, 6.07) is -0.733. The van der Waals surface area contributed by atoms with Crippen LogP contribution < -0.4 is 5.32 Å². The van der Waals surface area contributed by atoms with Crippen molar-refractivity contribution in [1.29, 1.82) is 0 Å². The molecule has 2 saturated heterocycles. The van der Waals surface area contributed by atoms with Crippen molar-refractivity contribution in [1.82, 2.24) is 15.2 Å². The Morgan fingerprint density at radius 1 is 1.28 bits per heavy atom. The Bertz CT molecular complexity index is 616. The molecule has 2 unspecified atom stereocenters. The quantitative estimate of drug-likeness (QED) is 0.842. The maximum Gasteiger partial charge on any atom is 0.262 e. The van der Waals surface area contributed by atoms with E-state index in [9.17, 15) is 13.6 Å². The molecule has 2 atom stereocenters. The molecule has 1 amide bonds. The molecule has 0 radical (unpaired) electrons. The number of hydrogen-bond donors (Lipinski definition) is 1. The van der Waals surface area contributed by atoms with Crippen LogP contribution in [0.4, 0.5) is 8.78 Å². The first-order valence-corrected chi connectivity index (χ1v) is 9.72. The number of carbonyl (C=O) groups excluding carboxylic acids is 1. The van der Waals surface area contributed by atoms with Crippen LogP contribution in [0.2, 0.25) is 0 Å². The number of nitrogens with zero attached hydrogens (tertiary/aromatic N) is 2. The fourth-order valence-corrected chi connectivity index (χ4v) is 5.32. The summed E-state index contributed by atoms with van der Waals surface area (Å²) in [6.07, 6.45) is 6.23. The van der Waals surface area contributed by atoms with Gasteiger partial charge in [-0.05, 0) is 38.5 Å². The van der Waals surface area contributed by atoms with Crippen molar-refractivity contribution in [2.45, 2.75) is 62.8 Å². The van der Waals surface area contributed by atoms with Crippen LogP contribution in [0, 0.1) is 0 Å². The van der Waals surface area contributed by atoms with E-state index in [1.807, 2.05) is 0 Å². The molecule has 0 aromatic carbocycles. The summed E-state index contributed by atoms with van der Waals surface area (Å²) >= 11 is 1.80. The fraction of sp³-hybridized carbons (Fsp3) is 0.765. The topological polar surface area (TPSA) is 45.2 Å². The number of piperidine rings is 1. The van der Waals surface area contributed by atoms with Gasteiger partial charge in [-0.2, -0.15) is 0 Å². The molecule has 8 heteroatoms. The van der Waals surface area contributed by atoms with Crippen LogP contribution in [0.1, 0.15) is 53.6 Å². The molecule has 1 aromatic rings. The van der Waals surface area contributed by atoms with E-state index in [-0.39, 0.29) is 37.2 Å². The summed E-state index contributed by atoms with van der Waals surface area (Å²) in [5.74, 6) is -2.66. The standard InChI is InChI=1S/C17H23F2N3OS.ClH/c18-17(19)8-13(20-10-17)16(23)22-7-3-4-11(9-22)15-21-12-5-1-2-6-14(12)24-15;/h11,13,20H,1-10H2;1H. The Labute approximate surface area is 156 Å².